The molecular weight excluding hydrogens is 474 g/mol. The molecule has 2 aliphatic rings. The Balaban J connectivity index is 1.71. The van der Waals surface area contributed by atoms with Gasteiger partial charge in [-0.3, -0.25) is 14.5 Å². The van der Waals surface area contributed by atoms with Crippen LogP contribution in [0.25, 0.3) is 27.6 Å². The summed E-state index contributed by atoms with van der Waals surface area (Å²) in [6.45, 7) is 1.93. The molecule has 182 valence electrons. The van der Waals surface area contributed by atoms with Crippen LogP contribution < -0.4 is 9.46 Å². The minimum Gasteiger partial charge on any atom is -0.496 e. The molecule has 5 rings (SSSR count). The number of hydrogen-bond donors (Lipinski definition) is 1. The van der Waals surface area contributed by atoms with Crippen molar-refractivity contribution in [1.82, 2.24) is 4.98 Å². The maximum Gasteiger partial charge on any atom is 0.229 e. The lowest BCUT2D eigenvalue weighted by molar-refractivity contribution is -0.113. The smallest absolute Gasteiger partial charge is 0.229 e. The Morgan fingerprint density at radius 1 is 1.11 bits per heavy atom. The van der Waals surface area contributed by atoms with Crippen LogP contribution in [0.15, 0.2) is 60.3 Å². The van der Waals surface area contributed by atoms with E-state index in [1.54, 1.807) is 25.4 Å². The number of rotatable bonds is 6. The highest BCUT2D eigenvalue weighted by atomic mass is 32.2. The third-order valence-corrected chi connectivity index (χ3v) is 7.30. The molecule has 2 aromatic carbocycles. The molecule has 0 unspecified atom stereocenters. The van der Waals surface area contributed by atoms with Crippen LogP contribution in [0, 0.1) is 11.3 Å². The number of methoxy groups -OCH3 is 1. The second kappa shape index (κ2) is 8.61. The van der Waals surface area contributed by atoms with Gasteiger partial charge in [-0.05, 0) is 49.6 Å². The number of nitriles is 1. The van der Waals surface area contributed by atoms with Crippen molar-refractivity contribution in [3.63, 3.8) is 0 Å². The van der Waals surface area contributed by atoms with Crippen LogP contribution in [0.3, 0.4) is 0 Å². The first-order valence-corrected chi connectivity index (χ1v) is 13.4. The molecule has 0 bridgehead atoms. The molecule has 0 radical (unpaired) electrons. The van der Waals surface area contributed by atoms with Gasteiger partial charge in [0, 0.05) is 46.0 Å². The number of Topliss-reactive ketones (excluding diaryl/α,β-unsaturated/α-hetero) is 1. The van der Waals surface area contributed by atoms with Crippen LogP contribution in [0.1, 0.15) is 37.3 Å². The Hall–Kier alpha value is -3.96. The van der Waals surface area contributed by atoms with Gasteiger partial charge >= 0.3 is 0 Å². The lowest BCUT2D eigenvalue weighted by Crippen LogP contribution is -2.11. The van der Waals surface area contributed by atoms with E-state index in [-0.39, 0.29) is 5.78 Å². The largest absolute Gasteiger partial charge is 0.496 e. The number of anilines is 1. The molecule has 0 saturated heterocycles. The maximum absolute atomic E-state index is 13.0. The summed E-state index contributed by atoms with van der Waals surface area (Å²) >= 11 is 0. The number of hydrogen-bond acceptors (Lipinski definition) is 6. The first-order valence-electron chi connectivity index (χ1n) is 11.6. The van der Waals surface area contributed by atoms with Crippen molar-refractivity contribution in [2.45, 2.75) is 31.6 Å². The van der Waals surface area contributed by atoms with Gasteiger partial charge in [-0.2, -0.15) is 5.26 Å². The molecular formula is C28H25N3O4S. The Morgan fingerprint density at radius 3 is 2.42 bits per heavy atom. The normalized spacial score (nSPS) is 16.7. The molecule has 0 spiro atoms. The number of nitrogens with zero attached hydrogens (tertiary/aromatic N) is 2. The molecule has 3 aromatic rings. The van der Waals surface area contributed by atoms with Crippen molar-refractivity contribution in [2.75, 3.05) is 18.1 Å². The molecule has 1 aromatic heterocycles. The fourth-order valence-electron chi connectivity index (χ4n) is 4.69. The van der Waals surface area contributed by atoms with E-state index in [0.717, 1.165) is 46.7 Å². The zero-order valence-electron chi connectivity index (χ0n) is 20.3. The SMILES string of the molecule is COc1c(C2(C#N)CC2)cc(C2=CC=C(C)CC2=O)c2ncc(-c3ccc(NS(C)(=O)=O)cc3)cc12. The van der Waals surface area contributed by atoms with Crippen molar-refractivity contribution in [2.24, 2.45) is 0 Å². The van der Waals surface area contributed by atoms with Crippen LogP contribution in [-0.2, 0) is 20.2 Å². The van der Waals surface area contributed by atoms with Crippen LogP contribution in [0.2, 0.25) is 0 Å². The van der Waals surface area contributed by atoms with E-state index < -0.39 is 15.4 Å². The molecule has 7 nitrogen and oxygen atoms in total. The standard InChI is InChI=1S/C28H25N3O4S/c1-17-4-9-21(25(32)12-17)22-14-24(28(16-29)10-11-28)27(35-2)23-13-19(15-30-26(22)23)18-5-7-20(8-6-18)31-36(3,33)34/h4-9,13-15,31H,10-12H2,1-3H3. The Labute approximate surface area is 210 Å². The number of allylic oxidation sites excluding steroid dienone is 4. The summed E-state index contributed by atoms with van der Waals surface area (Å²) in [5.41, 5.74) is 5.18. The second-order valence-corrected chi connectivity index (χ2v) is 11.2. The number of ketones is 1. The molecule has 2 aliphatic carbocycles. The Bertz CT molecular complexity index is 1620. The summed E-state index contributed by atoms with van der Waals surface area (Å²) in [5.74, 6) is 0.613. The predicted octanol–water partition coefficient (Wildman–Crippen LogP) is 5.14. The van der Waals surface area contributed by atoms with E-state index >= 15 is 0 Å². The fraction of sp³-hybridized carbons (Fsp3) is 0.250. The van der Waals surface area contributed by atoms with Crippen LogP contribution >= 0.6 is 0 Å². The van der Waals surface area contributed by atoms with Crippen molar-refractivity contribution in [1.29, 1.82) is 5.26 Å². The van der Waals surface area contributed by atoms with Gasteiger partial charge in [-0.1, -0.05) is 29.9 Å². The predicted molar refractivity (Wildman–Crippen MR) is 140 cm³/mol. The topological polar surface area (TPSA) is 109 Å². The van der Waals surface area contributed by atoms with Gasteiger partial charge in [-0.15, -0.1) is 0 Å². The Kier molecular flexibility index (Phi) is 5.68. The molecule has 1 N–H and O–H groups in total. The van der Waals surface area contributed by atoms with E-state index in [2.05, 4.69) is 10.8 Å². The highest BCUT2D eigenvalue weighted by Gasteiger charge is 2.47. The lowest BCUT2D eigenvalue weighted by atomic mass is 9.86. The summed E-state index contributed by atoms with van der Waals surface area (Å²) < 4.78 is 31.4. The minimum atomic E-state index is -3.37. The van der Waals surface area contributed by atoms with Gasteiger partial charge in [0.05, 0.1) is 30.4 Å². The number of fused-ring (bicyclic) bond motifs is 1. The highest BCUT2D eigenvalue weighted by Crippen LogP contribution is 2.53. The molecule has 36 heavy (non-hydrogen) atoms. The van der Waals surface area contributed by atoms with E-state index in [0.29, 0.717) is 34.5 Å². The summed E-state index contributed by atoms with van der Waals surface area (Å²) in [4.78, 5) is 17.7. The molecule has 8 heteroatoms. The van der Waals surface area contributed by atoms with E-state index in [1.165, 1.54) is 0 Å². The summed E-state index contributed by atoms with van der Waals surface area (Å²) in [6.07, 6.45) is 8.44. The molecule has 1 heterocycles. The van der Waals surface area contributed by atoms with Gasteiger partial charge in [0.2, 0.25) is 10.0 Å². The fourth-order valence-corrected chi connectivity index (χ4v) is 5.26. The van der Waals surface area contributed by atoms with Crippen molar-refractivity contribution in [3.05, 3.63) is 71.4 Å². The number of ether oxygens (including phenoxy) is 1. The first kappa shape index (κ1) is 23.8. The quantitative estimate of drug-likeness (QED) is 0.503. The summed E-state index contributed by atoms with van der Waals surface area (Å²) in [5, 5.41) is 10.7. The monoisotopic (exact) mass is 499 g/mol. The van der Waals surface area contributed by atoms with Crippen molar-refractivity contribution in [3.8, 4) is 22.9 Å². The van der Waals surface area contributed by atoms with Gasteiger partial charge in [-0.25, -0.2) is 8.42 Å². The van der Waals surface area contributed by atoms with Crippen molar-refractivity contribution >= 4 is 38.0 Å². The second-order valence-electron chi connectivity index (χ2n) is 9.46. The third-order valence-electron chi connectivity index (χ3n) is 6.69. The van der Waals surface area contributed by atoms with Gasteiger partial charge in [0.25, 0.3) is 0 Å². The highest BCUT2D eigenvalue weighted by molar-refractivity contribution is 7.92. The first-order chi connectivity index (χ1) is 17.1. The number of benzene rings is 2. The average molecular weight is 500 g/mol. The molecule has 0 aliphatic heterocycles. The van der Waals surface area contributed by atoms with E-state index in [9.17, 15) is 18.5 Å². The van der Waals surface area contributed by atoms with Crippen LogP contribution in [0.5, 0.6) is 5.75 Å². The molecule has 0 atom stereocenters. The molecule has 0 amide bonds. The van der Waals surface area contributed by atoms with Gasteiger partial charge in [0.1, 0.15) is 5.75 Å². The van der Waals surface area contributed by atoms with E-state index in [4.69, 9.17) is 9.72 Å². The Morgan fingerprint density at radius 2 is 1.83 bits per heavy atom. The summed E-state index contributed by atoms with van der Waals surface area (Å²) in [7, 11) is -1.79. The van der Waals surface area contributed by atoms with E-state index in [1.807, 2.05) is 43.3 Å². The number of sulfonamides is 1. The average Bonchev–Trinajstić information content (AvgIpc) is 3.64. The van der Waals surface area contributed by atoms with Gasteiger partial charge in [0.15, 0.2) is 5.78 Å². The van der Waals surface area contributed by atoms with Crippen LogP contribution in [-0.4, -0.2) is 32.6 Å². The zero-order valence-corrected chi connectivity index (χ0v) is 21.1. The number of aromatic nitrogens is 1. The minimum absolute atomic E-state index is 0.0223. The lowest BCUT2D eigenvalue weighted by Gasteiger charge is -2.20. The molecule has 1 saturated carbocycles. The molecule has 1 fully saturated rings. The van der Waals surface area contributed by atoms with Crippen LogP contribution in [0.4, 0.5) is 5.69 Å². The summed E-state index contributed by atoms with van der Waals surface area (Å²) in [6, 6.07) is 13.3. The van der Waals surface area contributed by atoms with Gasteiger partial charge < -0.3 is 4.74 Å². The number of carbonyl (C=O) groups excluding carboxylic acids is 1. The number of pyridine rings is 1. The maximum atomic E-state index is 13.0. The third kappa shape index (κ3) is 4.27. The number of nitrogens with one attached hydrogen (secondary N) is 1. The van der Waals surface area contributed by atoms with Crippen molar-refractivity contribution < 1.29 is 17.9 Å². The number of carbonyl (C=O) groups is 1. The zero-order chi connectivity index (χ0) is 25.7.